The first kappa shape index (κ1) is 23.4. The highest BCUT2D eigenvalue weighted by Crippen LogP contribution is 2.54. The van der Waals surface area contributed by atoms with E-state index in [0.717, 1.165) is 10.6 Å². The molecule has 1 aliphatic heterocycles. The van der Waals surface area contributed by atoms with E-state index in [-0.39, 0.29) is 31.4 Å². The first-order chi connectivity index (χ1) is 15.4. The van der Waals surface area contributed by atoms with Crippen molar-refractivity contribution < 1.29 is 16.3 Å². The van der Waals surface area contributed by atoms with Crippen LogP contribution in [0, 0.1) is 20.8 Å². The molecule has 4 N–H and O–H groups in total. The summed E-state index contributed by atoms with van der Waals surface area (Å²) in [4.78, 5) is -0.195. The summed E-state index contributed by atoms with van der Waals surface area (Å²) in [6.45, 7) is 5.14. The Kier molecular flexibility index (Phi) is 5.42. The molecule has 1 heterocycles. The van der Waals surface area contributed by atoms with Gasteiger partial charge in [-0.25, -0.2) is 10.9 Å². The van der Waals surface area contributed by atoms with Gasteiger partial charge in [-0.3, -0.25) is 0 Å². The summed E-state index contributed by atoms with van der Waals surface area (Å²) >= 11 is 6.23. The summed E-state index contributed by atoms with van der Waals surface area (Å²) in [6.07, 6.45) is 0. The molecule has 0 atom stereocenters. The molecule has 3 aromatic rings. The van der Waals surface area contributed by atoms with Crippen molar-refractivity contribution in [3.8, 4) is 0 Å². The molecule has 11 heteroatoms. The van der Waals surface area contributed by atoms with Crippen LogP contribution in [0.4, 0.5) is 5.69 Å². The number of anilines is 1. The van der Waals surface area contributed by atoms with Crippen LogP contribution in [0.1, 0.15) is 16.7 Å². The molecule has 8 nitrogen and oxygen atoms in total. The van der Waals surface area contributed by atoms with Gasteiger partial charge in [0.25, 0.3) is 0 Å². The first-order valence-electron chi connectivity index (χ1n) is 9.84. The van der Waals surface area contributed by atoms with Gasteiger partial charge in [-0.2, -0.15) is 12.6 Å². The number of nitrogens with zero attached hydrogens (tertiary/aromatic N) is 2. The molecule has 1 aliphatic rings. The van der Waals surface area contributed by atoms with Gasteiger partial charge in [0.1, 0.15) is 9.79 Å². The van der Waals surface area contributed by atoms with Crippen LogP contribution in [0.25, 0.3) is 0 Å². The number of rotatable bonds is 4. The smallest absolute Gasteiger partial charge is 0.317 e. The molecule has 0 bridgehead atoms. The van der Waals surface area contributed by atoms with E-state index >= 15 is 4.21 Å². The molecule has 174 valence electrons. The topological polar surface area (TPSA) is 128 Å². The van der Waals surface area contributed by atoms with Gasteiger partial charge in [0, 0.05) is 5.02 Å². The van der Waals surface area contributed by atoms with E-state index in [1.807, 2.05) is 6.92 Å². The molecule has 0 unspecified atom stereocenters. The van der Waals surface area contributed by atoms with E-state index in [9.17, 15) is 8.42 Å². The molecule has 0 aromatic heterocycles. The Labute approximate surface area is 197 Å². The van der Waals surface area contributed by atoms with Gasteiger partial charge < -0.3 is 5.73 Å². The monoisotopic (exact) mass is 506 g/mol. The highest BCUT2D eigenvalue weighted by atomic mass is 35.5. The molecule has 0 spiro atoms. The number of fused-ring (bicyclic) bond motifs is 1. The zero-order chi connectivity index (χ0) is 24.2. The zero-order valence-corrected chi connectivity index (χ0v) is 20.5. The lowest BCUT2D eigenvalue weighted by molar-refractivity contribution is 0.473. The number of hydrogen-bond acceptors (Lipinski definition) is 7. The van der Waals surface area contributed by atoms with Gasteiger partial charge in [0.05, 0.1) is 10.6 Å². The largest absolute Gasteiger partial charge is 0.367 e. The zero-order valence-electron chi connectivity index (χ0n) is 18.2. The SMILES string of the molecule is Cc1cc(C)c(S(=O)(=O)OS2(=O)(c3ccccc3)N=C(N)N(N)c3ccc(Cl)cc32)c(C)c1. The van der Waals surface area contributed by atoms with E-state index in [1.165, 1.54) is 30.3 Å². The number of benzene rings is 3. The summed E-state index contributed by atoms with van der Waals surface area (Å²) in [5, 5.41) is 1.20. The molecule has 33 heavy (non-hydrogen) atoms. The van der Waals surface area contributed by atoms with Crippen molar-refractivity contribution in [1.82, 2.24) is 0 Å². The fraction of sp³-hybridized carbons (Fsp3) is 0.136. The minimum absolute atomic E-state index is 0.0000551. The van der Waals surface area contributed by atoms with Crippen LogP contribution in [0.3, 0.4) is 0 Å². The van der Waals surface area contributed by atoms with Gasteiger partial charge in [-0.05, 0) is 71.8 Å². The second-order valence-corrected chi connectivity index (χ2v) is 12.9. The summed E-state index contributed by atoms with van der Waals surface area (Å²) in [6, 6.07) is 15.6. The van der Waals surface area contributed by atoms with Crippen molar-refractivity contribution in [2.75, 3.05) is 5.01 Å². The van der Waals surface area contributed by atoms with Crippen LogP contribution < -0.4 is 16.6 Å². The predicted octanol–water partition coefficient (Wildman–Crippen LogP) is 3.75. The number of hydrogen-bond donors (Lipinski definition) is 2. The van der Waals surface area contributed by atoms with Gasteiger partial charge in [0.15, 0.2) is 0 Å². The predicted molar refractivity (Wildman–Crippen MR) is 130 cm³/mol. The maximum Gasteiger partial charge on any atom is 0.317 e. The Morgan fingerprint density at radius 1 is 1.00 bits per heavy atom. The highest BCUT2D eigenvalue weighted by Gasteiger charge is 2.48. The molecule has 0 saturated heterocycles. The molecule has 0 aliphatic carbocycles. The Bertz CT molecular complexity index is 1470. The number of halogens is 1. The Hall–Kier alpha value is -2.76. The molecular formula is C22H23ClN4O4S2. The van der Waals surface area contributed by atoms with Crippen LogP contribution in [-0.2, 0) is 23.3 Å². The van der Waals surface area contributed by atoms with E-state index in [1.54, 1.807) is 44.2 Å². The van der Waals surface area contributed by atoms with Gasteiger partial charge in [-0.1, -0.05) is 47.5 Å². The van der Waals surface area contributed by atoms with Crippen molar-refractivity contribution in [3.63, 3.8) is 0 Å². The maximum absolute atomic E-state index is 15.2. The van der Waals surface area contributed by atoms with Crippen LogP contribution in [-0.4, -0.2) is 18.6 Å². The summed E-state index contributed by atoms with van der Waals surface area (Å²) < 4.78 is 52.6. The average Bonchev–Trinajstić information content (AvgIpc) is 2.71. The number of nitrogens with two attached hydrogens (primary N) is 2. The molecule has 0 saturated carbocycles. The summed E-state index contributed by atoms with van der Waals surface area (Å²) in [5.74, 6) is 5.67. The molecule has 3 aromatic carbocycles. The average molecular weight is 507 g/mol. The van der Waals surface area contributed by atoms with Crippen LogP contribution in [0.5, 0.6) is 0 Å². The first-order valence-corrected chi connectivity index (χ1v) is 13.5. The van der Waals surface area contributed by atoms with E-state index in [2.05, 4.69) is 4.40 Å². The second-order valence-electron chi connectivity index (χ2n) is 7.83. The fourth-order valence-electron chi connectivity index (χ4n) is 4.05. The van der Waals surface area contributed by atoms with E-state index in [0.29, 0.717) is 11.1 Å². The quantitative estimate of drug-likeness (QED) is 0.515. The summed E-state index contributed by atoms with van der Waals surface area (Å²) in [5.41, 5.74) is 7.96. The lowest BCUT2D eigenvalue weighted by Gasteiger charge is -2.47. The highest BCUT2D eigenvalue weighted by molar-refractivity contribution is 8.19. The van der Waals surface area contributed by atoms with Crippen molar-refractivity contribution in [2.45, 2.75) is 35.5 Å². The van der Waals surface area contributed by atoms with Gasteiger partial charge in [-0.15, -0.1) is 8.03 Å². The normalized spacial score (nSPS) is 18.0. The lowest BCUT2D eigenvalue weighted by atomic mass is 10.1. The lowest BCUT2D eigenvalue weighted by Crippen LogP contribution is -2.52. The van der Waals surface area contributed by atoms with E-state index in [4.69, 9.17) is 26.8 Å². The molecular weight excluding hydrogens is 484 g/mol. The fourth-order valence-corrected chi connectivity index (χ4v) is 9.92. The van der Waals surface area contributed by atoms with Crippen LogP contribution >= 0.6 is 11.6 Å². The minimum atomic E-state index is -5.25. The minimum Gasteiger partial charge on any atom is -0.367 e. The number of guanidine groups is 1. The Balaban J connectivity index is 2.11. The van der Waals surface area contributed by atoms with Gasteiger partial charge >= 0.3 is 10.1 Å². The van der Waals surface area contributed by atoms with E-state index < -0.39 is 19.7 Å². The third-order valence-corrected chi connectivity index (χ3v) is 11.1. The van der Waals surface area contributed by atoms with Crippen molar-refractivity contribution >= 4 is 42.9 Å². The number of hydrazine groups is 1. The van der Waals surface area contributed by atoms with Crippen molar-refractivity contribution in [2.24, 2.45) is 16.0 Å². The van der Waals surface area contributed by atoms with Crippen LogP contribution in [0.15, 0.2) is 79.7 Å². The van der Waals surface area contributed by atoms with Crippen LogP contribution in [0.2, 0.25) is 5.02 Å². The van der Waals surface area contributed by atoms with Crippen molar-refractivity contribution in [3.05, 3.63) is 82.4 Å². The molecule has 0 fully saturated rings. The third kappa shape index (κ3) is 3.64. The standard InChI is InChI=1S/C22H23ClN4O4S2/c1-14-11-15(2)21(16(3)12-14)32(28,29)31-33(30,18-7-5-4-6-8-18)20-13-17(23)9-10-19(20)27(25)22(24)26-33/h4-13H,25H2,1-3H3,(H2,24,26,30). The molecule has 0 amide bonds. The molecule has 4 rings (SSSR count). The number of aryl methyl sites for hydroxylation is 3. The van der Waals surface area contributed by atoms with Crippen molar-refractivity contribution in [1.29, 1.82) is 0 Å². The maximum atomic E-state index is 15.2. The second kappa shape index (κ2) is 7.64. The Morgan fingerprint density at radius 3 is 2.21 bits per heavy atom. The van der Waals surface area contributed by atoms with Gasteiger partial charge in [0.2, 0.25) is 5.96 Å². The Morgan fingerprint density at radius 2 is 1.61 bits per heavy atom. The third-order valence-electron chi connectivity index (χ3n) is 5.30. The molecule has 0 radical (unpaired) electrons. The summed E-state index contributed by atoms with van der Waals surface area (Å²) in [7, 11) is -9.88.